The van der Waals surface area contributed by atoms with E-state index in [9.17, 15) is 4.79 Å². The van der Waals surface area contributed by atoms with Gasteiger partial charge in [-0.15, -0.1) is 0 Å². The SMILES string of the molecule is COCCN(C(=O)CC(N)c1ccccc1)C1CC1. The molecule has 0 bridgehead atoms. The van der Waals surface area contributed by atoms with E-state index in [2.05, 4.69) is 0 Å². The van der Waals surface area contributed by atoms with Gasteiger partial charge in [0.15, 0.2) is 0 Å². The number of benzene rings is 1. The number of hydrogen-bond donors (Lipinski definition) is 1. The highest BCUT2D eigenvalue weighted by atomic mass is 16.5. The highest BCUT2D eigenvalue weighted by Gasteiger charge is 2.32. The Morgan fingerprint density at radius 2 is 2.11 bits per heavy atom. The summed E-state index contributed by atoms with van der Waals surface area (Å²) in [7, 11) is 1.66. The molecular weight excluding hydrogens is 240 g/mol. The van der Waals surface area contributed by atoms with Gasteiger partial charge < -0.3 is 15.4 Å². The van der Waals surface area contributed by atoms with Gasteiger partial charge in [0.25, 0.3) is 0 Å². The molecule has 0 radical (unpaired) electrons. The minimum atomic E-state index is -0.225. The third kappa shape index (κ3) is 4.04. The van der Waals surface area contributed by atoms with Crippen LogP contribution in [0.4, 0.5) is 0 Å². The topological polar surface area (TPSA) is 55.6 Å². The van der Waals surface area contributed by atoms with Gasteiger partial charge in [-0.05, 0) is 18.4 Å². The van der Waals surface area contributed by atoms with Crippen LogP contribution in [-0.2, 0) is 9.53 Å². The molecule has 2 rings (SSSR count). The van der Waals surface area contributed by atoms with Crippen molar-refractivity contribution in [2.24, 2.45) is 5.73 Å². The molecule has 19 heavy (non-hydrogen) atoms. The summed E-state index contributed by atoms with van der Waals surface area (Å²) in [5.41, 5.74) is 7.12. The Hall–Kier alpha value is -1.39. The number of amides is 1. The van der Waals surface area contributed by atoms with E-state index in [1.54, 1.807) is 7.11 Å². The van der Waals surface area contributed by atoms with E-state index in [0.29, 0.717) is 25.6 Å². The molecule has 2 N–H and O–H groups in total. The van der Waals surface area contributed by atoms with E-state index >= 15 is 0 Å². The third-order valence-electron chi connectivity index (χ3n) is 3.47. The van der Waals surface area contributed by atoms with E-state index in [0.717, 1.165) is 18.4 Å². The smallest absolute Gasteiger partial charge is 0.224 e. The molecule has 0 heterocycles. The Bertz CT molecular complexity index is 404. The average Bonchev–Trinajstić information content (AvgIpc) is 3.25. The maximum atomic E-state index is 12.3. The van der Waals surface area contributed by atoms with Crippen molar-refractivity contribution < 1.29 is 9.53 Å². The fourth-order valence-electron chi connectivity index (χ4n) is 2.21. The van der Waals surface area contributed by atoms with Crippen molar-refractivity contribution in [3.8, 4) is 0 Å². The van der Waals surface area contributed by atoms with Crippen LogP contribution in [-0.4, -0.2) is 37.1 Å². The largest absolute Gasteiger partial charge is 0.383 e. The Balaban J connectivity index is 1.91. The first-order valence-corrected chi connectivity index (χ1v) is 6.81. The number of carbonyl (C=O) groups is 1. The lowest BCUT2D eigenvalue weighted by molar-refractivity contribution is -0.132. The summed E-state index contributed by atoms with van der Waals surface area (Å²) in [5, 5.41) is 0. The summed E-state index contributed by atoms with van der Waals surface area (Å²) in [5.74, 6) is 0.135. The van der Waals surface area contributed by atoms with Crippen LogP contribution in [0.1, 0.15) is 30.9 Å². The van der Waals surface area contributed by atoms with Crippen LogP contribution >= 0.6 is 0 Å². The molecule has 1 unspecified atom stereocenters. The van der Waals surface area contributed by atoms with Crippen LogP contribution < -0.4 is 5.73 Å². The first-order valence-electron chi connectivity index (χ1n) is 6.81. The fourth-order valence-corrected chi connectivity index (χ4v) is 2.21. The molecule has 104 valence electrons. The van der Waals surface area contributed by atoms with Crippen molar-refractivity contribution >= 4 is 5.91 Å². The quantitative estimate of drug-likeness (QED) is 0.814. The number of rotatable bonds is 7. The van der Waals surface area contributed by atoms with Crippen molar-refractivity contribution in [2.45, 2.75) is 31.3 Å². The van der Waals surface area contributed by atoms with Crippen LogP contribution in [0.25, 0.3) is 0 Å². The molecule has 1 aliphatic carbocycles. The maximum absolute atomic E-state index is 12.3. The average molecular weight is 262 g/mol. The van der Waals surface area contributed by atoms with E-state index in [1.165, 1.54) is 0 Å². The third-order valence-corrected chi connectivity index (χ3v) is 3.47. The van der Waals surface area contributed by atoms with Crippen molar-refractivity contribution in [3.05, 3.63) is 35.9 Å². The van der Waals surface area contributed by atoms with Gasteiger partial charge in [0.05, 0.1) is 6.61 Å². The Labute approximate surface area is 114 Å². The molecule has 1 fully saturated rings. The minimum absolute atomic E-state index is 0.135. The van der Waals surface area contributed by atoms with Gasteiger partial charge in [0, 0.05) is 32.2 Å². The molecule has 1 atom stereocenters. The van der Waals surface area contributed by atoms with Crippen LogP contribution in [0.15, 0.2) is 30.3 Å². The molecular formula is C15H22N2O2. The zero-order chi connectivity index (χ0) is 13.7. The summed E-state index contributed by atoms with van der Waals surface area (Å²) in [4.78, 5) is 14.2. The molecule has 4 heteroatoms. The summed E-state index contributed by atoms with van der Waals surface area (Å²) in [6.45, 7) is 1.25. The van der Waals surface area contributed by atoms with E-state index in [4.69, 9.17) is 10.5 Å². The molecule has 0 aromatic heterocycles. The lowest BCUT2D eigenvalue weighted by atomic mass is 10.0. The Morgan fingerprint density at radius 3 is 2.68 bits per heavy atom. The number of methoxy groups -OCH3 is 1. The van der Waals surface area contributed by atoms with Crippen molar-refractivity contribution in [1.82, 2.24) is 4.90 Å². The highest BCUT2D eigenvalue weighted by molar-refractivity contribution is 5.77. The summed E-state index contributed by atoms with van der Waals surface area (Å²) >= 11 is 0. The Morgan fingerprint density at radius 1 is 1.42 bits per heavy atom. The molecule has 1 amide bonds. The lowest BCUT2D eigenvalue weighted by Crippen LogP contribution is -2.37. The second-order valence-corrected chi connectivity index (χ2v) is 5.03. The molecule has 1 aromatic carbocycles. The van der Waals surface area contributed by atoms with Crippen LogP contribution in [0.3, 0.4) is 0 Å². The van der Waals surface area contributed by atoms with Gasteiger partial charge >= 0.3 is 0 Å². The zero-order valence-corrected chi connectivity index (χ0v) is 11.4. The van der Waals surface area contributed by atoms with Crippen LogP contribution in [0.2, 0.25) is 0 Å². The number of carbonyl (C=O) groups excluding carboxylic acids is 1. The predicted molar refractivity (Wildman–Crippen MR) is 74.6 cm³/mol. The number of hydrogen-bond acceptors (Lipinski definition) is 3. The minimum Gasteiger partial charge on any atom is -0.383 e. The zero-order valence-electron chi connectivity index (χ0n) is 11.4. The number of ether oxygens (including phenoxy) is 1. The van der Waals surface area contributed by atoms with E-state index < -0.39 is 0 Å². The van der Waals surface area contributed by atoms with Crippen molar-refractivity contribution in [1.29, 1.82) is 0 Å². The summed E-state index contributed by atoms with van der Waals surface area (Å²) in [6, 6.07) is 9.96. The monoisotopic (exact) mass is 262 g/mol. The maximum Gasteiger partial charge on any atom is 0.224 e. The van der Waals surface area contributed by atoms with E-state index in [1.807, 2.05) is 35.2 Å². The van der Waals surface area contributed by atoms with Gasteiger partial charge in [0.1, 0.15) is 0 Å². The molecule has 0 spiro atoms. The standard InChI is InChI=1S/C15H22N2O2/c1-19-10-9-17(13-7-8-13)15(18)11-14(16)12-5-3-2-4-6-12/h2-6,13-14H,7-11,16H2,1H3. The molecule has 1 aromatic rings. The lowest BCUT2D eigenvalue weighted by Gasteiger charge is -2.24. The van der Waals surface area contributed by atoms with Crippen molar-refractivity contribution in [3.63, 3.8) is 0 Å². The normalized spacial score (nSPS) is 16.1. The van der Waals surface area contributed by atoms with Gasteiger partial charge in [-0.2, -0.15) is 0 Å². The predicted octanol–water partition coefficient (Wildman–Crippen LogP) is 1.71. The summed E-state index contributed by atoms with van der Waals surface area (Å²) < 4.78 is 5.06. The first kappa shape index (κ1) is 14.0. The van der Waals surface area contributed by atoms with E-state index in [-0.39, 0.29) is 11.9 Å². The Kier molecular flexibility index (Phi) is 4.93. The molecule has 0 saturated heterocycles. The first-order chi connectivity index (χ1) is 9.22. The van der Waals surface area contributed by atoms with Gasteiger partial charge in [0.2, 0.25) is 5.91 Å². The van der Waals surface area contributed by atoms with Crippen LogP contribution in [0.5, 0.6) is 0 Å². The molecule has 1 aliphatic rings. The van der Waals surface area contributed by atoms with Gasteiger partial charge in [-0.3, -0.25) is 4.79 Å². The highest BCUT2D eigenvalue weighted by Crippen LogP contribution is 2.28. The van der Waals surface area contributed by atoms with Crippen molar-refractivity contribution in [2.75, 3.05) is 20.3 Å². The second-order valence-electron chi connectivity index (χ2n) is 5.03. The second kappa shape index (κ2) is 6.68. The summed E-state index contributed by atoms with van der Waals surface area (Å²) in [6.07, 6.45) is 2.58. The number of nitrogens with two attached hydrogens (primary N) is 1. The number of nitrogens with zero attached hydrogens (tertiary/aromatic N) is 1. The van der Waals surface area contributed by atoms with Crippen LogP contribution in [0, 0.1) is 0 Å². The molecule has 4 nitrogen and oxygen atoms in total. The van der Waals surface area contributed by atoms with Gasteiger partial charge in [-0.1, -0.05) is 30.3 Å². The molecule has 1 saturated carbocycles. The van der Waals surface area contributed by atoms with Gasteiger partial charge in [-0.25, -0.2) is 0 Å². The molecule has 0 aliphatic heterocycles. The fraction of sp³-hybridized carbons (Fsp3) is 0.533.